The van der Waals surface area contributed by atoms with Crippen LogP contribution in [-0.4, -0.2) is 12.1 Å². The second-order valence-corrected chi connectivity index (χ2v) is 2.43. The third-order valence-corrected chi connectivity index (χ3v) is 1.51. The van der Waals surface area contributed by atoms with Crippen LogP contribution < -0.4 is 0 Å². The molecule has 2 nitrogen and oxygen atoms in total. The average molecular weight is 152 g/mol. The SMILES string of the molecule is CCC(=O)OC1C=CC=CC1. The second-order valence-electron chi connectivity index (χ2n) is 2.43. The highest BCUT2D eigenvalue weighted by Crippen LogP contribution is 2.07. The molecule has 0 N–H and O–H groups in total. The number of hydrogen-bond acceptors (Lipinski definition) is 2. The van der Waals surface area contributed by atoms with Crippen molar-refractivity contribution >= 4 is 5.97 Å². The number of allylic oxidation sites excluding steroid dienone is 2. The lowest BCUT2D eigenvalue weighted by molar-refractivity contribution is -0.146. The van der Waals surface area contributed by atoms with Crippen LogP contribution in [0.25, 0.3) is 0 Å². The van der Waals surface area contributed by atoms with Crippen molar-refractivity contribution in [2.75, 3.05) is 0 Å². The van der Waals surface area contributed by atoms with Gasteiger partial charge in [0.1, 0.15) is 6.10 Å². The minimum Gasteiger partial charge on any atom is -0.458 e. The quantitative estimate of drug-likeness (QED) is 0.564. The molecule has 60 valence electrons. The predicted molar refractivity (Wildman–Crippen MR) is 43.1 cm³/mol. The summed E-state index contributed by atoms with van der Waals surface area (Å²) >= 11 is 0. The van der Waals surface area contributed by atoms with Crippen LogP contribution >= 0.6 is 0 Å². The smallest absolute Gasteiger partial charge is 0.306 e. The Morgan fingerprint density at radius 1 is 1.64 bits per heavy atom. The molecule has 0 aromatic carbocycles. The molecule has 2 heteroatoms. The lowest BCUT2D eigenvalue weighted by atomic mass is 10.1. The maximum atomic E-state index is 10.8. The largest absolute Gasteiger partial charge is 0.458 e. The molecule has 0 spiro atoms. The lowest BCUT2D eigenvalue weighted by Gasteiger charge is -2.13. The van der Waals surface area contributed by atoms with E-state index in [1.54, 1.807) is 6.92 Å². The van der Waals surface area contributed by atoms with Gasteiger partial charge in [0, 0.05) is 12.8 Å². The zero-order valence-electron chi connectivity index (χ0n) is 6.62. The molecular formula is C9H12O2. The molecule has 1 aliphatic rings. The van der Waals surface area contributed by atoms with Crippen LogP contribution in [0.5, 0.6) is 0 Å². The van der Waals surface area contributed by atoms with Gasteiger partial charge >= 0.3 is 5.97 Å². The van der Waals surface area contributed by atoms with Crippen LogP contribution in [0, 0.1) is 0 Å². The maximum absolute atomic E-state index is 10.8. The first-order chi connectivity index (χ1) is 5.33. The van der Waals surface area contributed by atoms with E-state index >= 15 is 0 Å². The minimum atomic E-state index is -0.130. The van der Waals surface area contributed by atoms with E-state index in [9.17, 15) is 4.79 Å². The van der Waals surface area contributed by atoms with E-state index in [-0.39, 0.29) is 12.1 Å². The highest BCUT2D eigenvalue weighted by atomic mass is 16.5. The van der Waals surface area contributed by atoms with Crippen LogP contribution in [0.15, 0.2) is 24.3 Å². The number of ether oxygens (including phenoxy) is 1. The topological polar surface area (TPSA) is 26.3 Å². The number of carbonyl (C=O) groups is 1. The zero-order valence-corrected chi connectivity index (χ0v) is 6.62. The van der Waals surface area contributed by atoms with Crippen LogP contribution in [-0.2, 0) is 9.53 Å². The summed E-state index contributed by atoms with van der Waals surface area (Å²) in [4.78, 5) is 10.8. The van der Waals surface area contributed by atoms with Gasteiger partial charge in [-0.3, -0.25) is 4.79 Å². The summed E-state index contributed by atoms with van der Waals surface area (Å²) in [5.41, 5.74) is 0. The van der Waals surface area contributed by atoms with Crippen molar-refractivity contribution in [3.8, 4) is 0 Å². The first kappa shape index (κ1) is 8.05. The Hall–Kier alpha value is -1.05. The fourth-order valence-corrected chi connectivity index (χ4v) is 0.897. The fourth-order valence-electron chi connectivity index (χ4n) is 0.897. The average Bonchev–Trinajstić information content (AvgIpc) is 2.06. The molecule has 1 aliphatic carbocycles. The van der Waals surface area contributed by atoms with Gasteiger partial charge in [0.2, 0.25) is 0 Å². The maximum Gasteiger partial charge on any atom is 0.306 e. The standard InChI is InChI=1S/C9H12O2/c1-2-9(10)11-8-6-4-3-5-7-8/h3-6,8H,2,7H2,1H3. The molecule has 1 rings (SSSR count). The van der Waals surface area contributed by atoms with Gasteiger partial charge in [-0.2, -0.15) is 0 Å². The predicted octanol–water partition coefficient (Wildman–Crippen LogP) is 1.82. The Labute approximate surface area is 66.5 Å². The van der Waals surface area contributed by atoms with E-state index in [1.165, 1.54) is 0 Å². The highest BCUT2D eigenvalue weighted by Gasteiger charge is 2.08. The van der Waals surface area contributed by atoms with E-state index in [0.29, 0.717) is 6.42 Å². The minimum absolute atomic E-state index is 0.0348. The highest BCUT2D eigenvalue weighted by molar-refractivity contribution is 5.69. The molecule has 1 atom stereocenters. The summed E-state index contributed by atoms with van der Waals surface area (Å²) in [6.45, 7) is 1.80. The summed E-state index contributed by atoms with van der Waals surface area (Å²) in [7, 11) is 0. The van der Waals surface area contributed by atoms with Gasteiger partial charge in [-0.25, -0.2) is 0 Å². The third-order valence-electron chi connectivity index (χ3n) is 1.51. The second kappa shape index (κ2) is 3.96. The van der Waals surface area contributed by atoms with E-state index < -0.39 is 0 Å². The molecule has 1 unspecified atom stereocenters. The lowest BCUT2D eigenvalue weighted by Crippen LogP contribution is -2.15. The summed E-state index contributed by atoms with van der Waals surface area (Å²) < 4.78 is 5.06. The Balaban J connectivity index is 2.33. The van der Waals surface area contributed by atoms with Gasteiger partial charge in [0.25, 0.3) is 0 Å². The number of esters is 1. The summed E-state index contributed by atoms with van der Waals surface area (Å²) in [5, 5.41) is 0. The van der Waals surface area contributed by atoms with E-state index in [4.69, 9.17) is 4.74 Å². The summed E-state index contributed by atoms with van der Waals surface area (Å²) in [6, 6.07) is 0. The van der Waals surface area contributed by atoms with Gasteiger partial charge in [0.05, 0.1) is 0 Å². The Kier molecular flexibility index (Phi) is 2.90. The summed E-state index contributed by atoms with van der Waals surface area (Å²) in [6.07, 6.45) is 8.97. The van der Waals surface area contributed by atoms with Gasteiger partial charge in [-0.15, -0.1) is 0 Å². The molecule has 0 aromatic heterocycles. The van der Waals surface area contributed by atoms with Crippen molar-refractivity contribution in [3.63, 3.8) is 0 Å². The molecule has 11 heavy (non-hydrogen) atoms. The van der Waals surface area contributed by atoms with Crippen LogP contribution in [0.1, 0.15) is 19.8 Å². The number of carbonyl (C=O) groups excluding carboxylic acids is 1. The Morgan fingerprint density at radius 3 is 3.00 bits per heavy atom. The van der Waals surface area contributed by atoms with E-state index in [0.717, 1.165) is 6.42 Å². The van der Waals surface area contributed by atoms with Crippen LogP contribution in [0.2, 0.25) is 0 Å². The van der Waals surface area contributed by atoms with Gasteiger partial charge in [-0.05, 0) is 6.08 Å². The Bertz CT molecular complexity index is 192. The first-order valence-electron chi connectivity index (χ1n) is 3.85. The number of hydrogen-bond donors (Lipinski definition) is 0. The molecule has 0 saturated carbocycles. The Morgan fingerprint density at radius 2 is 2.45 bits per heavy atom. The molecule has 0 fully saturated rings. The van der Waals surface area contributed by atoms with Crippen molar-refractivity contribution in [3.05, 3.63) is 24.3 Å². The molecular weight excluding hydrogens is 140 g/mol. The number of rotatable bonds is 2. The molecule has 0 heterocycles. The zero-order chi connectivity index (χ0) is 8.10. The van der Waals surface area contributed by atoms with Crippen molar-refractivity contribution in [2.24, 2.45) is 0 Å². The van der Waals surface area contributed by atoms with Gasteiger partial charge in [0.15, 0.2) is 0 Å². The van der Waals surface area contributed by atoms with Crippen LogP contribution in [0.4, 0.5) is 0 Å². The van der Waals surface area contributed by atoms with Gasteiger partial charge < -0.3 is 4.74 Å². The third kappa shape index (κ3) is 2.58. The van der Waals surface area contributed by atoms with Gasteiger partial charge in [-0.1, -0.05) is 25.2 Å². The summed E-state index contributed by atoms with van der Waals surface area (Å²) in [5.74, 6) is -0.130. The first-order valence-corrected chi connectivity index (χ1v) is 3.85. The van der Waals surface area contributed by atoms with E-state index in [1.807, 2.05) is 24.3 Å². The molecule has 0 amide bonds. The van der Waals surface area contributed by atoms with Crippen molar-refractivity contribution < 1.29 is 9.53 Å². The molecule has 0 aliphatic heterocycles. The normalized spacial score (nSPS) is 21.7. The molecule has 0 bridgehead atoms. The van der Waals surface area contributed by atoms with Crippen molar-refractivity contribution in [1.82, 2.24) is 0 Å². The van der Waals surface area contributed by atoms with Crippen molar-refractivity contribution in [1.29, 1.82) is 0 Å². The fraction of sp³-hybridized carbons (Fsp3) is 0.444. The molecule has 0 aromatic rings. The van der Waals surface area contributed by atoms with E-state index in [2.05, 4.69) is 0 Å². The van der Waals surface area contributed by atoms with Crippen molar-refractivity contribution in [2.45, 2.75) is 25.9 Å². The molecule has 0 radical (unpaired) electrons. The van der Waals surface area contributed by atoms with Crippen LogP contribution in [0.3, 0.4) is 0 Å². The monoisotopic (exact) mass is 152 g/mol. The molecule has 0 saturated heterocycles.